The molecule has 190 valence electrons. The van der Waals surface area contributed by atoms with Crippen LogP contribution in [0.15, 0.2) is 18.2 Å². The SMILES string of the molecule is CC(C)(C)OC(=O)CCNC(=O)c1ccc(Cl)c(NC(=O)CCCCNC(=O)OC(C)(C)C)c1. The number of hydrogen-bond acceptors (Lipinski definition) is 6. The summed E-state index contributed by atoms with van der Waals surface area (Å²) in [6.45, 7) is 11.2. The zero-order valence-electron chi connectivity index (χ0n) is 20.8. The lowest BCUT2D eigenvalue weighted by Crippen LogP contribution is -2.33. The highest BCUT2D eigenvalue weighted by Crippen LogP contribution is 2.23. The Morgan fingerprint density at radius 2 is 1.50 bits per heavy atom. The molecule has 0 heterocycles. The maximum Gasteiger partial charge on any atom is 0.407 e. The van der Waals surface area contributed by atoms with Crippen LogP contribution in [0.2, 0.25) is 5.02 Å². The van der Waals surface area contributed by atoms with Gasteiger partial charge in [0.05, 0.1) is 17.1 Å². The first-order valence-electron chi connectivity index (χ1n) is 11.2. The largest absolute Gasteiger partial charge is 0.460 e. The van der Waals surface area contributed by atoms with Gasteiger partial charge in [-0.3, -0.25) is 14.4 Å². The zero-order valence-corrected chi connectivity index (χ0v) is 21.6. The number of amides is 3. The number of ether oxygens (including phenoxy) is 2. The molecule has 0 aliphatic rings. The maximum absolute atomic E-state index is 12.4. The second-order valence-electron chi connectivity index (χ2n) is 9.72. The van der Waals surface area contributed by atoms with Gasteiger partial charge in [0.2, 0.25) is 5.91 Å². The third-order valence-electron chi connectivity index (χ3n) is 4.04. The summed E-state index contributed by atoms with van der Waals surface area (Å²) in [5.41, 5.74) is -0.532. The molecule has 1 aromatic rings. The average molecular weight is 498 g/mol. The number of hydrogen-bond donors (Lipinski definition) is 3. The molecule has 0 spiro atoms. The van der Waals surface area contributed by atoms with Crippen molar-refractivity contribution >= 4 is 41.2 Å². The van der Waals surface area contributed by atoms with Gasteiger partial charge in [-0.05, 0) is 72.6 Å². The van der Waals surface area contributed by atoms with Gasteiger partial charge in [0.15, 0.2) is 0 Å². The van der Waals surface area contributed by atoms with Crippen molar-refractivity contribution in [2.24, 2.45) is 0 Å². The predicted octanol–water partition coefficient (Wildman–Crippen LogP) is 4.44. The Hall–Kier alpha value is -2.81. The minimum atomic E-state index is -0.584. The second kappa shape index (κ2) is 13.2. The number of alkyl carbamates (subject to hydrolysis) is 1. The van der Waals surface area contributed by atoms with Crippen LogP contribution in [0.1, 0.15) is 77.6 Å². The summed E-state index contributed by atoms with van der Waals surface area (Å²) in [6, 6.07) is 4.53. The van der Waals surface area contributed by atoms with E-state index in [1.54, 1.807) is 41.5 Å². The van der Waals surface area contributed by atoms with Gasteiger partial charge in [0.25, 0.3) is 5.91 Å². The lowest BCUT2D eigenvalue weighted by molar-refractivity contribution is -0.154. The van der Waals surface area contributed by atoms with Crippen LogP contribution in [0.3, 0.4) is 0 Å². The van der Waals surface area contributed by atoms with Gasteiger partial charge in [-0.15, -0.1) is 0 Å². The maximum atomic E-state index is 12.4. The molecule has 0 aliphatic carbocycles. The second-order valence-corrected chi connectivity index (χ2v) is 10.1. The third kappa shape index (κ3) is 13.0. The van der Waals surface area contributed by atoms with E-state index >= 15 is 0 Å². The summed E-state index contributed by atoms with van der Waals surface area (Å²) in [7, 11) is 0. The summed E-state index contributed by atoms with van der Waals surface area (Å²) in [5.74, 6) is -1.07. The number of carbonyl (C=O) groups is 4. The minimum absolute atomic E-state index is 0.0446. The molecule has 0 bridgehead atoms. The monoisotopic (exact) mass is 497 g/mol. The van der Waals surface area contributed by atoms with Gasteiger partial charge in [-0.25, -0.2) is 4.79 Å². The summed E-state index contributed by atoms with van der Waals surface area (Å²) >= 11 is 6.15. The quantitative estimate of drug-likeness (QED) is 0.324. The van der Waals surface area contributed by atoms with Crippen LogP contribution < -0.4 is 16.0 Å². The molecule has 0 radical (unpaired) electrons. The lowest BCUT2D eigenvalue weighted by Gasteiger charge is -2.19. The Balaban J connectivity index is 2.45. The van der Waals surface area contributed by atoms with Gasteiger partial charge in [-0.2, -0.15) is 0 Å². The summed E-state index contributed by atoms with van der Waals surface area (Å²) < 4.78 is 10.3. The van der Waals surface area contributed by atoms with E-state index in [4.69, 9.17) is 21.1 Å². The van der Waals surface area contributed by atoms with Crippen LogP contribution in [0.4, 0.5) is 10.5 Å². The highest BCUT2D eigenvalue weighted by Gasteiger charge is 2.17. The van der Waals surface area contributed by atoms with E-state index in [-0.39, 0.29) is 25.3 Å². The predicted molar refractivity (Wildman–Crippen MR) is 131 cm³/mol. The van der Waals surface area contributed by atoms with Crippen molar-refractivity contribution in [1.29, 1.82) is 0 Å². The number of rotatable bonds is 10. The molecule has 0 saturated heterocycles. The smallest absolute Gasteiger partial charge is 0.407 e. The van der Waals surface area contributed by atoms with Gasteiger partial charge in [-0.1, -0.05) is 11.6 Å². The van der Waals surface area contributed by atoms with E-state index in [1.807, 2.05) is 0 Å². The van der Waals surface area contributed by atoms with Crippen molar-refractivity contribution in [2.75, 3.05) is 18.4 Å². The third-order valence-corrected chi connectivity index (χ3v) is 4.37. The van der Waals surface area contributed by atoms with Crippen LogP contribution in [0, 0.1) is 0 Å². The van der Waals surface area contributed by atoms with E-state index in [2.05, 4.69) is 16.0 Å². The van der Waals surface area contributed by atoms with Gasteiger partial charge in [0, 0.05) is 25.1 Å². The van der Waals surface area contributed by atoms with E-state index in [1.165, 1.54) is 18.2 Å². The highest BCUT2D eigenvalue weighted by atomic mass is 35.5. The Morgan fingerprint density at radius 1 is 0.853 bits per heavy atom. The van der Waals surface area contributed by atoms with E-state index < -0.39 is 29.2 Å². The summed E-state index contributed by atoms with van der Waals surface area (Å²) in [6.07, 6.45) is 0.913. The molecular weight excluding hydrogens is 462 g/mol. The van der Waals surface area contributed by atoms with Crippen LogP contribution in [-0.4, -0.2) is 48.2 Å². The number of carbonyl (C=O) groups excluding carboxylic acids is 4. The Bertz CT molecular complexity index is 874. The topological polar surface area (TPSA) is 123 Å². The minimum Gasteiger partial charge on any atom is -0.460 e. The van der Waals surface area contributed by atoms with Crippen molar-refractivity contribution < 1.29 is 28.7 Å². The molecule has 1 rings (SSSR count). The Labute approximate surface area is 206 Å². The molecule has 0 aromatic heterocycles. The fourth-order valence-electron chi connectivity index (χ4n) is 2.66. The number of esters is 1. The number of benzene rings is 1. The summed E-state index contributed by atoms with van der Waals surface area (Å²) in [4.78, 5) is 48.0. The molecule has 10 heteroatoms. The average Bonchev–Trinajstić information content (AvgIpc) is 2.66. The van der Waals surface area contributed by atoms with Crippen molar-refractivity contribution in [3.63, 3.8) is 0 Å². The first-order valence-corrected chi connectivity index (χ1v) is 11.6. The van der Waals surface area contributed by atoms with Crippen molar-refractivity contribution in [3.8, 4) is 0 Å². The highest BCUT2D eigenvalue weighted by molar-refractivity contribution is 6.33. The zero-order chi connectivity index (χ0) is 25.9. The van der Waals surface area contributed by atoms with E-state index in [9.17, 15) is 19.2 Å². The molecule has 0 aliphatic heterocycles. The van der Waals surface area contributed by atoms with Crippen LogP contribution in [0.5, 0.6) is 0 Å². The molecular formula is C24H36ClN3O6. The van der Waals surface area contributed by atoms with Crippen LogP contribution in [0.25, 0.3) is 0 Å². The first kappa shape index (κ1) is 29.2. The van der Waals surface area contributed by atoms with Gasteiger partial charge >= 0.3 is 12.1 Å². The van der Waals surface area contributed by atoms with Crippen LogP contribution in [-0.2, 0) is 19.1 Å². The molecule has 3 N–H and O–H groups in total. The van der Waals surface area contributed by atoms with Crippen molar-refractivity contribution in [2.45, 2.75) is 78.4 Å². The van der Waals surface area contributed by atoms with Crippen LogP contribution >= 0.6 is 11.6 Å². The summed E-state index contributed by atoms with van der Waals surface area (Å²) in [5, 5.41) is 8.28. The molecule has 0 fully saturated rings. The van der Waals surface area contributed by atoms with E-state index in [0.717, 1.165) is 0 Å². The van der Waals surface area contributed by atoms with Crippen molar-refractivity contribution in [3.05, 3.63) is 28.8 Å². The van der Waals surface area contributed by atoms with Crippen molar-refractivity contribution in [1.82, 2.24) is 10.6 Å². The molecule has 0 atom stereocenters. The fraction of sp³-hybridized carbons (Fsp3) is 0.583. The Morgan fingerprint density at radius 3 is 2.12 bits per heavy atom. The lowest BCUT2D eigenvalue weighted by atomic mass is 10.1. The first-order chi connectivity index (χ1) is 15.7. The standard InChI is InChI=1S/C24H36ClN3O6/c1-23(2,3)33-20(30)12-14-26-21(31)16-10-11-17(25)18(15-16)28-19(29)9-7-8-13-27-22(32)34-24(4,5)6/h10-11,15H,7-9,12-14H2,1-6H3,(H,26,31)(H,27,32)(H,28,29). The number of anilines is 1. The molecule has 34 heavy (non-hydrogen) atoms. The number of unbranched alkanes of at least 4 members (excludes halogenated alkanes) is 1. The molecule has 3 amide bonds. The van der Waals surface area contributed by atoms with E-state index in [0.29, 0.717) is 35.7 Å². The molecule has 9 nitrogen and oxygen atoms in total. The molecule has 0 saturated carbocycles. The van der Waals surface area contributed by atoms with Gasteiger partial charge in [0.1, 0.15) is 11.2 Å². The number of halogens is 1. The van der Waals surface area contributed by atoms with Gasteiger partial charge < -0.3 is 25.4 Å². The normalized spacial score (nSPS) is 11.4. The molecule has 1 aromatic carbocycles. The molecule has 0 unspecified atom stereocenters. The Kier molecular flexibility index (Phi) is 11.3. The number of nitrogens with one attached hydrogen (secondary N) is 3. The fourth-order valence-corrected chi connectivity index (χ4v) is 2.83.